The van der Waals surface area contributed by atoms with Gasteiger partial charge < -0.3 is 5.32 Å². The highest BCUT2D eigenvalue weighted by Gasteiger charge is 2.52. The molecule has 1 amide bonds. The molecule has 3 heteroatoms. The maximum atomic E-state index is 11.3. The fourth-order valence-corrected chi connectivity index (χ4v) is 1.02. The van der Waals surface area contributed by atoms with Gasteiger partial charge in [0, 0.05) is 5.41 Å². The third kappa shape index (κ3) is 0.800. The van der Waals surface area contributed by atoms with Crippen LogP contribution in [0.15, 0.2) is 0 Å². The Balaban J connectivity index is 3.15. The molecule has 1 aliphatic rings. The first-order chi connectivity index (χ1) is 4.80. The average Bonchev–Trinajstić information content (AvgIpc) is 1.95. The van der Waals surface area contributed by atoms with Crippen molar-refractivity contribution in [3.8, 4) is 0 Å². The standard InChI is InChI=1S/C8H14N2O/c1-7(2)5(9)10-6(11)8(7,3)4/h1-4H3,(H2,9,10,11). The number of hydrogen-bond acceptors (Lipinski definition) is 2. The van der Waals surface area contributed by atoms with E-state index in [1.807, 2.05) is 27.7 Å². The summed E-state index contributed by atoms with van der Waals surface area (Å²) < 4.78 is 0. The lowest BCUT2D eigenvalue weighted by molar-refractivity contribution is -0.128. The van der Waals surface area contributed by atoms with Gasteiger partial charge in [0.25, 0.3) is 0 Å². The first kappa shape index (κ1) is 8.24. The fraction of sp³-hybridized carbons (Fsp3) is 0.750. The molecule has 0 radical (unpaired) electrons. The van der Waals surface area contributed by atoms with E-state index in [1.165, 1.54) is 0 Å². The second kappa shape index (κ2) is 1.84. The summed E-state index contributed by atoms with van der Waals surface area (Å²) in [6.45, 7) is 7.55. The Bertz CT molecular complexity index is 204. The summed E-state index contributed by atoms with van der Waals surface area (Å²) in [5.74, 6) is 0.278. The molecule has 3 nitrogen and oxygen atoms in total. The zero-order valence-corrected chi connectivity index (χ0v) is 7.41. The minimum absolute atomic E-state index is 0.0486. The van der Waals surface area contributed by atoms with E-state index in [4.69, 9.17) is 5.41 Å². The van der Waals surface area contributed by atoms with Gasteiger partial charge in [-0.25, -0.2) is 0 Å². The van der Waals surface area contributed by atoms with Gasteiger partial charge in [0.15, 0.2) is 0 Å². The number of nitrogens with one attached hydrogen (secondary N) is 2. The van der Waals surface area contributed by atoms with Crippen LogP contribution in [0.3, 0.4) is 0 Å². The Labute approximate surface area is 66.7 Å². The highest BCUT2D eigenvalue weighted by Crippen LogP contribution is 2.42. The predicted octanol–water partition coefficient (Wildman–Crippen LogP) is 1.15. The van der Waals surface area contributed by atoms with E-state index in [-0.39, 0.29) is 11.3 Å². The van der Waals surface area contributed by atoms with Crippen LogP contribution in [-0.4, -0.2) is 11.7 Å². The van der Waals surface area contributed by atoms with Gasteiger partial charge in [-0.1, -0.05) is 27.7 Å². The topological polar surface area (TPSA) is 53.0 Å². The van der Waals surface area contributed by atoms with Gasteiger partial charge >= 0.3 is 0 Å². The second-order valence-electron chi connectivity index (χ2n) is 4.08. The van der Waals surface area contributed by atoms with Crippen LogP contribution in [0.25, 0.3) is 0 Å². The molecule has 1 rings (SSSR count). The van der Waals surface area contributed by atoms with Gasteiger partial charge in [0.05, 0.1) is 5.41 Å². The van der Waals surface area contributed by atoms with Crippen LogP contribution in [0.4, 0.5) is 0 Å². The molecular weight excluding hydrogens is 140 g/mol. The molecule has 0 aliphatic carbocycles. The van der Waals surface area contributed by atoms with Crippen molar-refractivity contribution in [2.45, 2.75) is 27.7 Å². The predicted molar refractivity (Wildman–Crippen MR) is 43.4 cm³/mol. The maximum Gasteiger partial charge on any atom is 0.231 e. The van der Waals surface area contributed by atoms with Gasteiger partial charge in [0.1, 0.15) is 5.84 Å². The number of amidine groups is 1. The quantitative estimate of drug-likeness (QED) is 0.540. The van der Waals surface area contributed by atoms with Gasteiger partial charge in [-0.3, -0.25) is 10.2 Å². The highest BCUT2D eigenvalue weighted by molar-refractivity contribution is 6.10. The first-order valence-corrected chi connectivity index (χ1v) is 3.70. The number of amides is 1. The van der Waals surface area contributed by atoms with Crippen molar-refractivity contribution >= 4 is 11.7 Å². The smallest absolute Gasteiger partial charge is 0.231 e. The molecule has 1 fully saturated rings. The summed E-state index contributed by atoms with van der Waals surface area (Å²) in [4.78, 5) is 11.3. The third-order valence-electron chi connectivity index (χ3n) is 2.99. The molecule has 1 saturated heterocycles. The van der Waals surface area contributed by atoms with Crippen LogP contribution < -0.4 is 5.32 Å². The van der Waals surface area contributed by atoms with E-state index in [2.05, 4.69) is 5.32 Å². The van der Waals surface area contributed by atoms with Gasteiger partial charge in [-0.15, -0.1) is 0 Å². The summed E-state index contributed by atoms with van der Waals surface area (Å²) in [6, 6.07) is 0. The fourth-order valence-electron chi connectivity index (χ4n) is 1.02. The normalized spacial score (nSPS) is 26.9. The lowest BCUT2D eigenvalue weighted by Gasteiger charge is -2.30. The van der Waals surface area contributed by atoms with E-state index < -0.39 is 5.41 Å². The molecule has 11 heavy (non-hydrogen) atoms. The van der Waals surface area contributed by atoms with Crippen LogP contribution in [0.5, 0.6) is 0 Å². The summed E-state index contributed by atoms with van der Waals surface area (Å²) in [7, 11) is 0. The maximum absolute atomic E-state index is 11.3. The van der Waals surface area contributed by atoms with Crippen LogP contribution in [-0.2, 0) is 4.79 Å². The van der Waals surface area contributed by atoms with E-state index in [1.54, 1.807) is 0 Å². The molecule has 1 aliphatic heterocycles. The first-order valence-electron chi connectivity index (χ1n) is 3.70. The van der Waals surface area contributed by atoms with Crippen LogP contribution in [0.1, 0.15) is 27.7 Å². The van der Waals surface area contributed by atoms with Crippen LogP contribution in [0.2, 0.25) is 0 Å². The van der Waals surface area contributed by atoms with Gasteiger partial charge in [-0.2, -0.15) is 0 Å². The highest BCUT2D eigenvalue weighted by atomic mass is 16.2. The monoisotopic (exact) mass is 154 g/mol. The molecule has 0 aromatic heterocycles. The zero-order chi connectivity index (χ0) is 8.86. The van der Waals surface area contributed by atoms with Gasteiger partial charge in [0.2, 0.25) is 5.91 Å². The summed E-state index contributed by atoms with van der Waals surface area (Å²) in [5, 5.41) is 10.0. The van der Waals surface area contributed by atoms with E-state index in [0.29, 0.717) is 5.84 Å². The van der Waals surface area contributed by atoms with Crippen molar-refractivity contribution < 1.29 is 4.79 Å². The van der Waals surface area contributed by atoms with Crippen molar-refractivity contribution in [3.63, 3.8) is 0 Å². The molecule has 62 valence electrons. The van der Waals surface area contributed by atoms with Crippen molar-refractivity contribution in [3.05, 3.63) is 0 Å². The largest absolute Gasteiger partial charge is 0.314 e. The van der Waals surface area contributed by atoms with Crippen molar-refractivity contribution in [1.29, 1.82) is 5.41 Å². The van der Waals surface area contributed by atoms with Crippen molar-refractivity contribution in [2.24, 2.45) is 10.8 Å². The molecule has 0 aromatic carbocycles. The van der Waals surface area contributed by atoms with Crippen LogP contribution in [0, 0.1) is 16.2 Å². The molecule has 2 N–H and O–H groups in total. The van der Waals surface area contributed by atoms with Crippen LogP contribution >= 0.6 is 0 Å². The van der Waals surface area contributed by atoms with Crippen molar-refractivity contribution in [1.82, 2.24) is 5.32 Å². The number of carbonyl (C=O) groups is 1. The van der Waals surface area contributed by atoms with Crippen molar-refractivity contribution in [2.75, 3.05) is 0 Å². The molecular formula is C8H14N2O. The minimum Gasteiger partial charge on any atom is -0.314 e. The van der Waals surface area contributed by atoms with E-state index >= 15 is 0 Å². The number of rotatable bonds is 0. The molecule has 0 aromatic rings. The Morgan fingerprint density at radius 3 is 1.73 bits per heavy atom. The second-order valence-corrected chi connectivity index (χ2v) is 4.08. The third-order valence-corrected chi connectivity index (χ3v) is 2.99. The Morgan fingerprint density at radius 1 is 1.18 bits per heavy atom. The SMILES string of the molecule is CC1(C)C(=N)NC(=O)C1(C)C. The molecule has 1 heterocycles. The molecule has 0 spiro atoms. The molecule has 0 atom stereocenters. The number of hydrogen-bond donors (Lipinski definition) is 2. The summed E-state index contributed by atoms with van der Waals surface area (Å²) >= 11 is 0. The minimum atomic E-state index is -0.454. The Kier molecular flexibility index (Phi) is 1.38. The average molecular weight is 154 g/mol. The van der Waals surface area contributed by atoms with E-state index in [9.17, 15) is 4.79 Å². The molecule has 0 saturated carbocycles. The zero-order valence-electron chi connectivity index (χ0n) is 7.41. The summed E-state index contributed by atoms with van der Waals surface area (Å²) in [6.07, 6.45) is 0. The molecule has 0 unspecified atom stereocenters. The Morgan fingerprint density at radius 2 is 1.64 bits per heavy atom. The lowest BCUT2D eigenvalue weighted by Crippen LogP contribution is -2.34. The Hall–Kier alpha value is -0.860. The van der Waals surface area contributed by atoms with Gasteiger partial charge in [-0.05, 0) is 0 Å². The lowest BCUT2D eigenvalue weighted by atomic mass is 9.70. The molecule has 0 bridgehead atoms. The summed E-state index contributed by atoms with van der Waals surface area (Å²) in [5.41, 5.74) is -0.811. The number of carbonyl (C=O) groups excluding carboxylic acids is 1. The van der Waals surface area contributed by atoms with E-state index in [0.717, 1.165) is 0 Å².